The monoisotopic (exact) mass is 269 g/mol. The number of aromatic nitrogens is 1. The van der Waals surface area contributed by atoms with Crippen LogP contribution in [0.4, 0.5) is 4.39 Å². The zero-order valence-electron chi connectivity index (χ0n) is 9.04. The van der Waals surface area contributed by atoms with E-state index in [1.807, 2.05) is 0 Å². The molecule has 88 valence electrons. The molecule has 0 saturated heterocycles. The van der Waals surface area contributed by atoms with Crippen LogP contribution in [-0.4, -0.2) is 10.8 Å². The highest BCUT2D eigenvalue weighted by atomic mass is 35.5. The summed E-state index contributed by atoms with van der Waals surface area (Å²) >= 11 is 7.25. The van der Waals surface area contributed by atoms with E-state index in [2.05, 4.69) is 4.98 Å². The van der Waals surface area contributed by atoms with Crippen molar-refractivity contribution in [2.75, 3.05) is 0 Å². The highest BCUT2D eigenvalue weighted by molar-refractivity contribution is 7.13. The van der Waals surface area contributed by atoms with Gasteiger partial charge in [0.25, 0.3) is 0 Å². The maximum atomic E-state index is 12.9. The minimum atomic E-state index is -0.359. The molecule has 0 N–H and O–H groups in total. The smallest absolute Gasteiger partial charge is 0.171 e. The largest absolute Gasteiger partial charge is 0.294 e. The van der Waals surface area contributed by atoms with Crippen LogP contribution in [0.15, 0.2) is 24.4 Å². The molecule has 2 rings (SSSR count). The van der Waals surface area contributed by atoms with Crippen molar-refractivity contribution < 1.29 is 9.18 Å². The summed E-state index contributed by atoms with van der Waals surface area (Å²) in [5.41, 5.74) is 0.803. The summed E-state index contributed by atoms with van der Waals surface area (Å²) in [7, 11) is 0. The van der Waals surface area contributed by atoms with Gasteiger partial charge in [0.2, 0.25) is 0 Å². The first kappa shape index (κ1) is 12.2. The third kappa shape index (κ3) is 2.90. The van der Waals surface area contributed by atoms with Crippen molar-refractivity contribution in [3.05, 3.63) is 50.7 Å². The Kier molecular flexibility index (Phi) is 3.54. The molecule has 0 saturated carbocycles. The van der Waals surface area contributed by atoms with Gasteiger partial charge in [0.15, 0.2) is 5.78 Å². The van der Waals surface area contributed by atoms with Crippen LogP contribution in [0.5, 0.6) is 0 Å². The second-order valence-electron chi connectivity index (χ2n) is 3.59. The number of Topliss-reactive ketones (excluding diaryl/α,β-unsaturated/α-hetero) is 1. The number of benzene rings is 1. The Bertz CT molecular complexity index is 567. The summed E-state index contributed by atoms with van der Waals surface area (Å²) in [6.07, 6.45) is 2.07. The third-order valence-electron chi connectivity index (χ3n) is 2.26. The van der Waals surface area contributed by atoms with Gasteiger partial charge in [0, 0.05) is 24.6 Å². The highest BCUT2D eigenvalue weighted by Crippen LogP contribution is 2.23. The zero-order valence-corrected chi connectivity index (χ0v) is 10.6. The van der Waals surface area contributed by atoms with E-state index < -0.39 is 0 Å². The van der Waals surface area contributed by atoms with Crippen LogP contribution in [0.1, 0.15) is 27.2 Å². The number of thiazole rings is 1. The lowest BCUT2D eigenvalue weighted by Crippen LogP contribution is -1.89. The van der Waals surface area contributed by atoms with Crippen LogP contribution in [0, 0.1) is 5.82 Å². The first-order valence-electron chi connectivity index (χ1n) is 4.96. The first-order valence-corrected chi connectivity index (χ1v) is 6.15. The second kappa shape index (κ2) is 4.94. The zero-order chi connectivity index (χ0) is 12.4. The van der Waals surface area contributed by atoms with Gasteiger partial charge in [-0.2, -0.15) is 0 Å². The maximum Gasteiger partial charge on any atom is 0.171 e. The van der Waals surface area contributed by atoms with Gasteiger partial charge in [-0.1, -0.05) is 17.7 Å². The molecule has 1 aromatic heterocycles. The molecule has 0 bridgehead atoms. The van der Waals surface area contributed by atoms with Crippen molar-refractivity contribution in [1.29, 1.82) is 0 Å². The molecule has 0 amide bonds. The molecular weight excluding hydrogens is 261 g/mol. The lowest BCUT2D eigenvalue weighted by molar-refractivity contribution is 0.102. The number of ketones is 1. The van der Waals surface area contributed by atoms with Crippen LogP contribution in [-0.2, 0) is 6.42 Å². The molecule has 0 aliphatic carbocycles. The Morgan fingerprint density at radius 1 is 1.53 bits per heavy atom. The van der Waals surface area contributed by atoms with Gasteiger partial charge in [-0.05, 0) is 17.7 Å². The number of nitrogens with zero attached hydrogens (tertiary/aromatic N) is 1. The number of hydrogen-bond acceptors (Lipinski definition) is 3. The summed E-state index contributed by atoms with van der Waals surface area (Å²) in [5, 5.41) is 1.17. The van der Waals surface area contributed by atoms with Crippen LogP contribution in [0.25, 0.3) is 0 Å². The minimum Gasteiger partial charge on any atom is -0.294 e. The van der Waals surface area contributed by atoms with Crippen molar-refractivity contribution in [3.63, 3.8) is 0 Å². The van der Waals surface area contributed by atoms with Crippen LogP contribution in [0.3, 0.4) is 0 Å². The summed E-state index contributed by atoms with van der Waals surface area (Å²) < 4.78 is 12.9. The normalized spacial score (nSPS) is 10.5. The third-order valence-corrected chi connectivity index (χ3v) is 3.71. The van der Waals surface area contributed by atoms with Gasteiger partial charge in [-0.3, -0.25) is 4.79 Å². The quantitative estimate of drug-likeness (QED) is 0.795. The van der Waals surface area contributed by atoms with Crippen molar-refractivity contribution in [1.82, 2.24) is 4.98 Å². The van der Waals surface area contributed by atoms with E-state index in [0.717, 1.165) is 10.6 Å². The van der Waals surface area contributed by atoms with Crippen LogP contribution in [0.2, 0.25) is 5.02 Å². The van der Waals surface area contributed by atoms with Crippen molar-refractivity contribution in [2.45, 2.75) is 13.3 Å². The number of rotatable bonds is 3. The van der Waals surface area contributed by atoms with Gasteiger partial charge in [-0.15, -0.1) is 11.3 Å². The predicted molar refractivity (Wildman–Crippen MR) is 66.3 cm³/mol. The number of carbonyl (C=O) groups is 1. The second-order valence-corrected chi connectivity index (χ2v) is 5.11. The topological polar surface area (TPSA) is 30.0 Å². The molecule has 1 heterocycles. The Morgan fingerprint density at radius 2 is 2.29 bits per heavy atom. The summed E-state index contributed by atoms with van der Waals surface area (Å²) in [4.78, 5) is 15.9. The fourth-order valence-corrected chi connectivity index (χ4v) is 2.45. The Hall–Kier alpha value is -1.26. The highest BCUT2D eigenvalue weighted by Gasteiger charge is 2.09. The molecule has 5 heteroatoms. The Balaban J connectivity index is 2.22. The van der Waals surface area contributed by atoms with Gasteiger partial charge in [0.05, 0.1) is 9.88 Å². The van der Waals surface area contributed by atoms with Crippen LogP contribution >= 0.6 is 22.9 Å². The number of carbonyl (C=O) groups excluding carboxylic acids is 1. The number of halogens is 2. The van der Waals surface area contributed by atoms with E-state index in [4.69, 9.17) is 11.6 Å². The predicted octanol–water partition coefficient (Wildman–Crippen LogP) is 3.73. The van der Waals surface area contributed by atoms with E-state index in [-0.39, 0.29) is 11.6 Å². The van der Waals surface area contributed by atoms with Crippen molar-refractivity contribution >= 4 is 28.7 Å². The Morgan fingerprint density at radius 3 is 2.88 bits per heavy atom. The molecule has 0 fully saturated rings. The van der Waals surface area contributed by atoms with E-state index in [1.165, 1.54) is 30.4 Å². The average Bonchev–Trinajstić information content (AvgIpc) is 2.71. The molecule has 2 aromatic rings. The molecule has 0 spiro atoms. The SMILES string of the molecule is CC(=O)c1cnc(Cc2ccc(F)cc2Cl)s1. The van der Waals surface area contributed by atoms with Gasteiger partial charge < -0.3 is 0 Å². The van der Waals surface area contributed by atoms with E-state index in [1.54, 1.807) is 12.3 Å². The molecule has 0 unspecified atom stereocenters. The first-order chi connectivity index (χ1) is 8.06. The van der Waals surface area contributed by atoms with Gasteiger partial charge in [0.1, 0.15) is 5.82 Å². The standard InChI is InChI=1S/C12H9ClFNOS/c1-7(16)11-6-15-12(17-11)4-8-2-3-9(14)5-10(8)13/h2-3,5-6H,4H2,1H3. The molecular formula is C12H9ClFNOS. The number of hydrogen-bond donors (Lipinski definition) is 0. The van der Waals surface area contributed by atoms with Gasteiger partial charge in [-0.25, -0.2) is 9.37 Å². The summed E-state index contributed by atoms with van der Waals surface area (Å²) in [5.74, 6) is -0.360. The summed E-state index contributed by atoms with van der Waals surface area (Å²) in [6.45, 7) is 1.50. The van der Waals surface area contributed by atoms with E-state index >= 15 is 0 Å². The fraction of sp³-hybridized carbons (Fsp3) is 0.167. The molecule has 0 aliphatic heterocycles. The average molecular weight is 270 g/mol. The summed E-state index contributed by atoms with van der Waals surface area (Å²) in [6, 6.07) is 4.27. The fourth-order valence-electron chi connectivity index (χ4n) is 1.38. The minimum absolute atomic E-state index is 0.000969. The van der Waals surface area contributed by atoms with Crippen molar-refractivity contribution in [2.24, 2.45) is 0 Å². The maximum absolute atomic E-state index is 12.9. The molecule has 17 heavy (non-hydrogen) atoms. The van der Waals surface area contributed by atoms with Gasteiger partial charge >= 0.3 is 0 Å². The molecule has 0 aliphatic rings. The lowest BCUT2D eigenvalue weighted by atomic mass is 10.1. The molecule has 2 nitrogen and oxygen atoms in total. The van der Waals surface area contributed by atoms with Crippen LogP contribution < -0.4 is 0 Å². The van der Waals surface area contributed by atoms with E-state index in [9.17, 15) is 9.18 Å². The van der Waals surface area contributed by atoms with Crippen molar-refractivity contribution in [3.8, 4) is 0 Å². The lowest BCUT2D eigenvalue weighted by Gasteiger charge is -2.01. The Labute approximate surface area is 107 Å². The molecule has 0 radical (unpaired) electrons. The molecule has 1 aromatic carbocycles. The van der Waals surface area contributed by atoms with E-state index in [0.29, 0.717) is 16.3 Å². The molecule has 0 atom stereocenters.